The van der Waals surface area contributed by atoms with Crippen molar-refractivity contribution in [2.24, 2.45) is 0 Å². The molecular formula is C11H18BrNO2. The van der Waals surface area contributed by atoms with Gasteiger partial charge in [0.15, 0.2) is 4.67 Å². The molecule has 1 rings (SSSR count). The van der Waals surface area contributed by atoms with Crippen LogP contribution < -0.4 is 5.32 Å². The molecule has 86 valence electrons. The van der Waals surface area contributed by atoms with Gasteiger partial charge < -0.3 is 14.5 Å². The van der Waals surface area contributed by atoms with Gasteiger partial charge in [-0.2, -0.15) is 0 Å². The van der Waals surface area contributed by atoms with Gasteiger partial charge in [-0.25, -0.2) is 0 Å². The number of hydrogen-bond donors (Lipinski definition) is 1. The first-order chi connectivity index (χ1) is 7.33. The van der Waals surface area contributed by atoms with Gasteiger partial charge in [0.05, 0.1) is 13.2 Å². The van der Waals surface area contributed by atoms with E-state index in [1.807, 2.05) is 12.1 Å². The number of unbranched alkanes of at least 4 members (excludes halogenated alkanes) is 1. The van der Waals surface area contributed by atoms with E-state index in [-0.39, 0.29) is 0 Å². The van der Waals surface area contributed by atoms with Crippen LogP contribution in [0.3, 0.4) is 0 Å². The topological polar surface area (TPSA) is 34.4 Å². The van der Waals surface area contributed by atoms with E-state index >= 15 is 0 Å². The molecule has 3 nitrogen and oxygen atoms in total. The highest BCUT2D eigenvalue weighted by Crippen LogP contribution is 2.13. The van der Waals surface area contributed by atoms with Crippen molar-refractivity contribution >= 4 is 15.9 Å². The maximum absolute atomic E-state index is 5.41. The minimum absolute atomic E-state index is 0.753. The summed E-state index contributed by atoms with van der Waals surface area (Å²) >= 11 is 3.26. The van der Waals surface area contributed by atoms with Crippen LogP contribution >= 0.6 is 15.9 Å². The monoisotopic (exact) mass is 275 g/mol. The van der Waals surface area contributed by atoms with Crippen molar-refractivity contribution in [2.75, 3.05) is 19.8 Å². The lowest BCUT2D eigenvalue weighted by Crippen LogP contribution is -2.19. The molecule has 0 radical (unpaired) electrons. The van der Waals surface area contributed by atoms with Gasteiger partial charge in [0.2, 0.25) is 0 Å². The van der Waals surface area contributed by atoms with Gasteiger partial charge in [0.25, 0.3) is 0 Å². The molecule has 0 bridgehead atoms. The number of furan rings is 1. The quantitative estimate of drug-likeness (QED) is 0.741. The molecule has 0 saturated carbocycles. The van der Waals surface area contributed by atoms with Crippen LogP contribution in [0.15, 0.2) is 21.2 Å². The zero-order valence-electron chi connectivity index (χ0n) is 9.09. The summed E-state index contributed by atoms with van der Waals surface area (Å²) in [7, 11) is 0. The van der Waals surface area contributed by atoms with Gasteiger partial charge in [-0.05, 0) is 34.5 Å². The number of hydrogen-bond acceptors (Lipinski definition) is 3. The fraction of sp³-hybridized carbons (Fsp3) is 0.636. The smallest absolute Gasteiger partial charge is 0.169 e. The summed E-state index contributed by atoms with van der Waals surface area (Å²) in [6, 6.07) is 3.85. The first-order valence-corrected chi connectivity index (χ1v) is 6.15. The summed E-state index contributed by atoms with van der Waals surface area (Å²) in [5.74, 6) is 0.940. The summed E-state index contributed by atoms with van der Waals surface area (Å²) in [6.07, 6.45) is 2.33. The minimum atomic E-state index is 0.753. The lowest BCUT2D eigenvalue weighted by molar-refractivity contribution is 0.132. The molecule has 0 saturated heterocycles. The molecule has 0 amide bonds. The maximum atomic E-state index is 5.41. The molecule has 15 heavy (non-hydrogen) atoms. The third kappa shape index (κ3) is 5.97. The van der Waals surface area contributed by atoms with Gasteiger partial charge in [-0.15, -0.1) is 0 Å². The summed E-state index contributed by atoms with van der Waals surface area (Å²) in [6.45, 7) is 5.41. The van der Waals surface area contributed by atoms with E-state index in [0.29, 0.717) is 0 Å². The van der Waals surface area contributed by atoms with Crippen molar-refractivity contribution in [3.8, 4) is 0 Å². The number of rotatable bonds is 8. The molecule has 0 unspecified atom stereocenters. The Kier molecular flexibility index (Phi) is 6.72. The summed E-state index contributed by atoms with van der Waals surface area (Å²) in [5.41, 5.74) is 0. The highest BCUT2D eigenvalue weighted by atomic mass is 79.9. The number of ether oxygens (including phenoxy) is 1. The molecule has 0 atom stereocenters. The predicted octanol–water partition coefficient (Wildman–Crippen LogP) is 2.95. The van der Waals surface area contributed by atoms with Crippen LogP contribution in [0, 0.1) is 0 Å². The summed E-state index contributed by atoms with van der Waals surface area (Å²) < 4.78 is 11.5. The van der Waals surface area contributed by atoms with Crippen LogP contribution in [0.1, 0.15) is 25.5 Å². The van der Waals surface area contributed by atoms with Crippen molar-refractivity contribution in [3.05, 3.63) is 22.6 Å². The molecule has 4 heteroatoms. The lowest BCUT2D eigenvalue weighted by Gasteiger charge is -2.04. The molecule has 1 aromatic heterocycles. The third-order valence-corrected chi connectivity index (χ3v) is 2.42. The molecule has 0 spiro atoms. The largest absolute Gasteiger partial charge is 0.453 e. The fourth-order valence-electron chi connectivity index (χ4n) is 1.15. The van der Waals surface area contributed by atoms with Gasteiger partial charge in [0, 0.05) is 13.2 Å². The number of nitrogens with one attached hydrogen (secondary N) is 1. The van der Waals surface area contributed by atoms with Crippen molar-refractivity contribution < 1.29 is 9.15 Å². The van der Waals surface area contributed by atoms with Gasteiger partial charge in [0.1, 0.15) is 5.76 Å². The summed E-state index contributed by atoms with van der Waals surface area (Å²) in [5, 5.41) is 3.25. The average molecular weight is 276 g/mol. The van der Waals surface area contributed by atoms with E-state index in [1.54, 1.807) is 0 Å². The van der Waals surface area contributed by atoms with Crippen molar-refractivity contribution in [1.82, 2.24) is 5.32 Å². The van der Waals surface area contributed by atoms with Crippen molar-refractivity contribution in [3.63, 3.8) is 0 Å². The van der Waals surface area contributed by atoms with E-state index in [1.165, 1.54) is 6.42 Å². The van der Waals surface area contributed by atoms with E-state index in [0.717, 1.165) is 43.2 Å². The van der Waals surface area contributed by atoms with E-state index < -0.39 is 0 Å². The Morgan fingerprint density at radius 1 is 1.40 bits per heavy atom. The zero-order valence-corrected chi connectivity index (χ0v) is 10.7. The Morgan fingerprint density at radius 2 is 2.27 bits per heavy atom. The van der Waals surface area contributed by atoms with Crippen molar-refractivity contribution in [2.45, 2.75) is 26.3 Å². The highest BCUT2D eigenvalue weighted by molar-refractivity contribution is 9.10. The standard InChI is InChI=1S/C11H18BrNO2/c1-2-3-7-14-8-6-13-9-10-4-5-11(12)15-10/h4-5,13H,2-3,6-9H2,1H3. The Balaban J connectivity index is 1.93. The van der Waals surface area contributed by atoms with Crippen LogP contribution in [0.5, 0.6) is 0 Å². The molecule has 0 aromatic carbocycles. The molecular weight excluding hydrogens is 258 g/mol. The molecule has 1 heterocycles. The van der Waals surface area contributed by atoms with Crippen LogP contribution in [-0.4, -0.2) is 19.8 Å². The van der Waals surface area contributed by atoms with E-state index in [9.17, 15) is 0 Å². The van der Waals surface area contributed by atoms with Crippen molar-refractivity contribution in [1.29, 1.82) is 0 Å². The number of halogens is 1. The van der Waals surface area contributed by atoms with Gasteiger partial charge in [-0.1, -0.05) is 13.3 Å². The molecule has 0 aliphatic carbocycles. The van der Waals surface area contributed by atoms with Crippen LogP contribution in [0.25, 0.3) is 0 Å². The molecule has 1 aromatic rings. The predicted molar refractivity (Wildman–Crippen MR) is 63.8 cm³/mol. The zero-order chi connectivity index (χ0) is 10.9. The average Bonchev–Trinajstić information content (AvgIpc) is 2.63. The molecule has 0 aliphatic rings. The van der Waals surface area contributed by atoms with E-state index in [2.05, 4.69) is 28.2 Å². The minimum Gasteiger partial charge on any atom is -0.453 e. The summed E-state index contributed by atoms with van der Waals surface area (Å²) in [4.78, 5) is 0. The van der Waals surface area contributed by atoms with E-state index in [4.69, 9.17) is 9.15 Å². The second-order valence-electron chi connectivity index (χ2n) is 3.35. The Labute approximate surface area is 99.3 Å². The van der Waals surface area contributed by atoms with Crippen LogP contribution in [0.4, 0.5) is 0 Å². The molecule has 0 aliphatic heterocycles. The second kappa shape index (κ2) is 7.91. The third-order valence-electron chi connectivity index (χ3n) is 1.99. The second-order valence-corrected chi connectivity index (χ2v) is 4.13. The molecule has 0 fully saturated rings. The Morgan fingerprint density at radius 3 is 2.93 bits per heavy atom. The first-order valence-electron chi connectivity index (χ1n) is 5.35. The normalized spacial score (nSPS) is 10.8. The SMILES string of the molecule is CCCCOCCNCc1ccc(Br)o1. The highest BCUT2D eigenvalue weighted by Gasteiger charge is 1.97. The fourth-order valence-corrected chi connectivity index (χ4v) is 1.49. The van der Waals surface area contributed by atoms with Gasteiger partial charge in [-0.3, -0.25) is 0 Å². The first kappa shape index (κ1) is 12.7. The lowest BCUT2D eigenvalue weighted by atomic mass is 10.4. The van der Waals surface area contributed by atoms with Gasteiger partial charge >= 0.3 is 0 Å². The Bertz CT molecular complexity index is 263. The van der Waals surface area contributed by atoms with Crippen LogP contribution in [0.2, 0.25) is 0 Å². The Hall–Kier alpha value is -0.320. The van der Waals surface area contributed by atoms with Crippen LogP contribution in [-0.2, 0) is 11.3 Å². The maximum Gasteiger partial charge on any atom is 0.169 e. The molecule has 1 N–H and O–H groups in total.